The minimum absolute atomic E-state index is 0.0303. The van der Waals surface area contributed by atoms with Crippen LogP contribution in [0.15, 0.2) is 41.2 Å². The third kappa shape index (κ3) is 3.73. The predicted molar refractivity (Wildman–Crippen MR) is 124 cm³/mol. The summed E-state index contributed by atoms with van der Waals surface area (Å²) in [6.45, 7) is 5.99. The highest BCUT2D eigenvalue weighted by molar-refractivity contribution is 5.80. The van der Waals surface area contributed by atoms with Crippen LogP contribution >= 0.6 is 0 Å². The van der Waals surface area contributed by atoms with Gasteiger partial charge >= 0.3 is 0 Å². The summed E-state index contributed by atoms with van der Waals surface area (Å²) in [5.41, 5.74) is 2.22. The van der Waals surface area contributed by atoms with Crippen molar-refractivity contribution in [2.24, 2.45) is 11.8 Å². The number of pyridine rings is 1. The number of benzene rings is 1. The van der Waals surface area contributed by atoms with E-state index in [0.29, 0.717) is 24.4 Å². The molecule has 7 heteroatoms. The molecule has 4 atom stereocenters. The molecule has 0 spiro atoms. The molecule has 3 heterocycles. The van der Waals surface area contributed by atoms with Crippen LogP contribution in [0.1, 0.15) is 38.4 Å². The summed E-state index contributed by atoms with van der Waals surface area (Å²) in [6.07, 6.45) is 1.80. The normalized spacial score (nSPS) is 24.2. The first-order chi connectivity index (χ1) is 15.5. The summed E-state index contributed by atoms with van der Waals surface area (Å²) in [4.78, 5) is 29.1. The SMILES string of the molecule is CCCNC(=O)[C@H]1[C@H](CO)[C@H]2Cn3c(ccc(-c4cccc(OC)c4)c3=O)[C@@H]1N2CCC. The third-order valence-electron chi connectivity index (χ3n) is 6.88. The second-order valence-corrected chi connectivity index (χ2v) is 8.73. The third-order valence-corrected chi connectivity index (χ3v) is 6.88. The van der Waals surface area contributed by atoms with Gasteiger partial charge in [-0.2, -0.15) is 0 Å². The molecule has 1 saturated heterocycles. The van der Waals surface area contributed by atoms with Crippen LogP contribution < -0.4 is 15.6 Å². The van der Waals surface area contributed by atoms with Gasteiger partial charge < -0.3 is 19.7 Å². The van der Waals surface area contributed by atoms with Crippen LogP contribution in [0.3, 0.4) is 0 Å². The first-order valence-electron chi connectivity index (χ1n) is 11.6. The molecule has 0 unspecified atom stereocenters. The highest BCUT2D eigenvalue weighted by Crippen LogP contribution is 2.48. The summed E-state index contributed by atoms with van der Waals surface area (Å²) >= 11 is 0. The molecular weight excluding hydrogens is 406 g/mol. The fourth-order valence-corrected chi connectivity index (χ4v) is 5.46. The number of aliphatic hydroxyl groups is 1. The molecule has 1 aromatic carbocycles. The number of aromatic nitrogens is 1. The van der Waals surface area contributed by atoms with Crippen LogP contribution in [0.5, 0.6) is 5.75 Å². The number of nitrogens with zero attached hydrogens (tertiary/aromatic N) is 2. The van der Waals surface area contributed by atoms with Crippen LogP contribution in [0.25, 0.3) is 11.1 Å². The van der Waals surface area contributed by atoms with Crippen molar-refractivity contribution in [1.82, 2.24) is 14.8 Å². The number of ether oxygens (including phenoxy) is 1. The summed E-state index contributed by atoms with van der Waals surface area (Å²) in [5.74, 6) is 0.0889. The predicted octanol–water partition coefficient (Wildman–Crippen LogP) is 2.42. The largest absolute Gasteiger partial charge is 0.497 e. The van der Waals surface area contributed by atoms with Crippen molar-refractivity contribution in [3.63, 3.8) is 0 Å². The number of fused-ring (bicyclic) bond motifs is 4. The van der Waals surface area contributed by atoms with Crippen LogP contribution in [0.4, 0.5) is 0 Å². The average molecular weight is 440 g/mol. The van der Waals surface area contributed by atoms with Gasteiger partial charge in [-0.05, 0) is 49.2 Å². The minimum Gasteiger partial charge on any atom is -0.497 e. The quantitative estimate of drug-likeness (QED) is 0.660. The lowest BCUT2D eigenvalue weighted by Crippen LogP contribution is -2.47. The van der Waals surface area contributed by atoms with E-state index >= 15 is 0 Å². The van der Waals surface area contributed by atoms with Gasteiger partial charge in [-0.15, -0.1) is 0 Å². The Morgan fingerprint density at radius 3 is 2.72 bits per heavy atom. The minimum atomic E-state index is -0.376. The molecule has 1 amide bonds. The van der Waals surface area contributed by atoms with Gasteiger partial charge in [0, 0.05) is 42.9 Å². The molecule has 0 aliphatic carbocycles. The second-order valence-electron chi connectivity index (χ2n) is 8.73. The second kappa shape index (κ2) is 9.46. The van der Waals surface area contributed by atoms with Gasteiger partial charge in [0.15, 0.2) is 0 Å². The van der Waals surface area contributed by atoms with Gasteiger partial charge in [0.25, 0.3) is 5.56 Å². The Labute approximate surface area is 189 Å². The monoisotopic (exact) mass is 439 g/mol. The molecule has 2 aromatic rings. The number of amides is 1. The standard InChI is InChI=1S/C25H33N3O4/c1-4-11-26-24(30)22-19(15-29)21-14-28-20(23(22)27(21)12-5-2)10-9-18(25(28)31)16-7-6-8-17(13-16)32-3/h6-10,13,19,21-23,29H,4-5,11-12,14-15H2,1-3H3,(H,26,30)/t19-,21-,22+,23+/m1/s1. The Morgan fingerprint density at radius 2 is 2.03 bits per heavy atom. The van der Waals surface area contributed by atoms with E-state index < -0.39 is 0 Å². The van der Waals surface area contributed by atoms with Crippen molar-refractivity contribution in [3.05, 3.63) is 52.4 Å². The van der Waals surface area contributed by atoms with Crippen LogP contribution in [0.2, 0.25) is 0 Å². The number of hydrogen-bond donors (Lipinski definition) is 2. The topological polar surface area (TPSA) is 83.8 Å². The molecule has 1 aromatic heterocycles. The van der Waals surface area contributed by atoms with E-state index in [4.69, 9.17) is 4.74 Å². The number of carbonyl (C=O) groups excluding carboxylic acids is 1. The van der Waals surface area contributed by atoms with Crippen molar-refractivity contribution < 1.29 is 14.6 Å². The van der Waals surface area contributed by atoms with E-state index in [1.165, 1.54) is 0 Å². The van der Waals surface area contributed by atoms with Crippen LogP contribution in [-0.4, -0.2) is 53.3 Å². The molecule has 0 saturated carbocycles. The molecule has 4 rings (SSSR count). The lowest BCUT2D eigenvalue weighted by Gasteiger charge is -2.38. The van der Waals surface area contributed by atoms with E-state index in [1.807, 2.05) is 47.9 Å². The van der Waals surface area contributed by atoms with Gasteiger partial charge in [0.2, 0.25) is 5.91 Å². The molecule has 2 aliphatic heterocycles. The summed E-state index contributed by atoms with van der Waals surface area (Å²) in [7, 11) is 1.61. The zero-order valence-corrected chi connectivity index (χ0v) is 19.1. The van der Waals surface area contributed by atoms with Crippen molar-refractivity contribution in [1.29, 1.82) is 0 Å². The zero-order chi connectivity index (χ0) is 22.8. The van der Waals surface area contributed by atoms with Crippen molar-refractivity contribution in [2.45, 2.75) is 45.3 Å². The first-order valence-corrected chi connectivity index (χ1v) is 11.6. The molecular formula is C25H33N3O4. The Hall–Kier alpha value is -2.64. The van der Waals surface area contributed by atoms with E-state index in [2.05, 4.69) is 17.1 Å². The van der Waals surface area contributed by atoms with E-state index in [-0.39, 0.29) is 42.0 Å². The average Bonchev–Trinajstić information content (AvgIpc) is 3.02. The number of carbonyl (C=O) groups is 1. The Kier molecular flexibility index (Phi) is 6.67. The highest BCUT2D eigenvalue weighted by atomic mass is 16.5. The van der Waals surface area contributed by atoms with Crippen molar-refractivity contribution >= 4 is 5.91 Å². The van der Waals surface area contributed by atoms with Gasteiger partial charge in [-0.3, -0.25) is 14.5 Å². The number of aliphatic hydroxyl groups excluding tert-OH is 1. The van der Waals surface area contributed by atoms with Crippen molar-refractivity contribution in [2.75, 3.05) is 26.8 Å². The first kappa shape index (κ1) is 22.6. The molecule has 0 radical (unpaired) electrons. The Morgan fingerprint density at radius 1 is 1.22 bits per heavy atom. The molecule has 1 fully saturated rings. The molecule has 32 heavy (non-hydrogen) atoms. The number of rotatable bonds is 8. The number of hydrogen-bond acceptors (Lipinski definition) is 5. The van der Waals surface area contributed by atoms with Gasteiger partial charge in [-0.25, -0.2) is 0 Å². The molecule has 172 valence electrons. The van der Waals surface area contributed by atoms with Crippen molar-refractivity contribution in [3.8, 4) is 16.9 Å². The maximum absolute atomic E-state index is 13.6. The fraction of sp³-hybridized carbons (Fsp3) is 0.520. The fourth-order valence-electron chi connectivity index (χ4n) is 5.46. The maximum Gasteiger partial charge on any atom is 0.258 e. The van der Waals surface area contributed by atoms with E-state index in [0.717, 1.165) is 30.6 Å². The van der Waals surface area contributed by atoms with Crippen LogP contribution in [0, 0.1) is 11.8 Å². The smallest absolute Gasteiger partial charge is 0.258 e. The Bertz CT molecular complexity index is 1030. The Balaban J connectivity index is 1.80. The zero-order valence-electron chi connectivity index (χ0n) is 19.1. The number of nitrogens with one attached hydrogen (secondary N) is 1. The lowest BCUT2D eigenvalue weighted by atomic mass is 9.86. The molecule has 2 aliphatic rings. The van der Waals surface area contributed by atoms with Crippen LogP contribution in [-0.2, 0) is 11.3 Å². The summed E-state index contributed by atoms with van der Waals surface area (Å²) < 4.78 is 7.15. The van der Waals surface area contributed by atoms with E-state index in [9.17, 15) is 14.7 Å². The van der Waals surface area contributed by atoms with Gasteiger partial charge in [0.1, 0.15) is 5.75 Å². The maximum atomic E-state index is 13.6. The summed E-state index contributed by atoms with van der Waals surface area (Å²) in [5, 5.41) is 13.3. The number of methoxy groups -OCH3 is 1. The molecule has 2 bridgehead atoms. The van der Waals surface area contributed by atoms with Gasteiger partial charge in [-0.1, -0.05) is 26.0 Å². The lowest BCUT2D eigenvalue weighted by molar-refractivity contribution is -0.127. The van der Waals surface area contributed by atoms with E-state index in [1.54, 1.807) is 7.11 Å². The molecule has 2 N–H and O–H groups in total. The summed E-state index contributed by atoms with van der Waals surface area (Å²) in [6, 6.07) is 11.1. The van der Waals surface area contributed by atoms with Gasteiger partial charge in [0.05, 0.1) is 19.1 Å². The highest BCUT2D eigenvalue weighted by Gasteiger charge is 2.55. The molecule has 7 nitrogen and oxygen atoms in total.